The van der Waals surface area contributed by atoms with Crippen molar-refractivity contribution in [1.29, 1.82) is 0 Å². The number of rotatable bonds is 10. The molecule has 2 aromatic rings. The molecule has 1 unspecified atom stereocenters. The minimum absolute atomic E-state index is 0.00568. The van der Waals surface area contributed by atoms with E-state index < -0.39 is 0 Å². The third kappa shape index (κ3) is 6.61. The third-order valence-corrected chi connectivity index (χ3v) is 6.85. The molecule has 0 saturated carbocycles. The second kappa shape index (κ2) is 11.9. The summed E-state index contributed by atoms with van der Waals surface area (Å²) in [6, 6.07) is 9.71. The van der Waals surface area contributed by atoms with Crippen molar-refractivity contribution in [1.82, 2.24) is 10.6 Å². The summed E-state index contributed by atoms with van der Waals surface area (Å²) in [5.74, 6) is 0.860. The third-order valence-electron chi connectivity index (χ3n) is 6.11. The number of ether oxygens (including phenoxy) is 2. The molecule has 5 nitrogen and oxygen atoms in total. The van der Waals surface area contributed by atoms with E-state index in [0.717, 1.165) is 42.7 Å². The summed E-state index contributed by atoms with van der Waals surface area (Å²) in [5.41, 5.74) is 4.38. The molecule has 1 saturated heterocycles. The Kier molecular flexibility index (Phi) is 9.23. The largest absolute Gasteiger partial charge is 0.491 e. The Morgan fingerprint density at radius 3 is 2.66 bits per heavy atom. The summed E-state index contributed by atoms with van der Waals surface area (Å²) in [6.07, 6.45) is 3.20. The molecule has 2 N–H and O–H groups in total. The molecular formula is C25H32Cl2N2O3. The van der Waals surface area contributed by atoms with Crippen molar-refractivity contribution < 1.29 is 14.3 Å². The van der Waals surface area contributed by atoms with Crippen molar-refractivity contribution in [3.05, 3.63) is 62.6 Å². The van der Waals surface area contributed by atoms with Crippen LogP contribution in [-0.2, 0) is 22.4 Å². The summed E-state index contributed by atoms with van der Waals surface area (Å²) >= 11 is 12.1. The number of nitrogens with one attached hydrogen (secondary N) is 2. The van der Waals surface area contributed by atoms with Gasteiger partial charge in [0.1, 0.15) is 12.4 Å². The van der Waals surface area contributed by atoms with E-state index in [1.807, 2.05) is 12.1 Å². The summed E-state index contributed by atoms with van der Waals surface area (Å²) < 4.78 is 10.9. The average Bonchev–Trinajstić information content (AvgIpc) is 3.30. The topological polar surface area (TPSA) is 59.6 Å². The summed E-state index contributed by atoms with van der Waals surface area (Å²) in [4.78, 5) is 12.9. The smallest absolute Gasteiger partial charge is 0.224 e. The van der Waals surface area contributed by atoms with Gasteiger partial charge in [-0.25, -0.2) is 0 Å². The predicted molar refractivity (Wildman–Crippen MR) is 130 cm³/mol. The predicted octanol–water partition coefficient (Wildman–Crippen LogP) is 4.66. The minimum Gasteiger partial charge on any atom is -0.491 e. The van der Waals surface area contributed by atoms with Crippen molar-refractivity contribution in [3.8, 4) is 5.75 Å². The molecule has 2 atom stereocenters. The van der Waals surface area contributed by atoms with Crippen LogP contribution in [0.15, 0.2) is 30.3 Å². The molecule has 1 amide bonds. The molecule has 0 spiro atoms. The highest BCUT2D eigenvalue weighted by Gasteiger charge is 2.27. The van der Waals surface area contributed by atoms with E-state index in [2.05, 4.69) is 30.5 Å². The minimum atomic E-state index is -0.0176. The fourth-order valence-electron chi connectivity index (χ4n) is 4.14. The molecule has 3 rings (SSSR count). The number of hydrogen-bond acceptors (Lipinski definition) is 4. The van der Waals surface area contributed by atoms with Gasteiger partial charge in [-0.2, -0.15) is 0 Å². The van der Waals surface area contributed by atoms with E-state index in [1.54, 1.807) is 19.2 Å². The second-order valence-electron chi connectivity index (χ2n) is 8.32. The Hall–Kier alpha value is -1.79. The molecular weight excluding hydrogens is 447 g/mol. The van der Waals surface area contributed by atoms with Gasteiger partial charge in [0.15, 0.2) is 0 Å². The van der Waals surface area contributed by atoms with Gasteiger partial charge >= 0.3 is 0 Å². The average molecular weight is 479 g/mol. The van der Waals surface area contributed by atoms with Crippen LogP contribution in [0.5, 0.6) is 5.75 Å². The van der Waals surface area contributed by atoms with Crippen LogP contribution < -0.4 is 15.4 Å². The molecule has 174 valence electrons. The molecule has 1 fully saturated rings. The zero-order valence-corrected chi connectivity index (χ0v) is 20.5. The van der Waals surface area contributed by atoms with Crippen molar-refractivity contribution >= 4 is 29.1 Å². The Bertz CT molecular complexity index is 930. The zero-order valence-electron chi connectivity index (χ0n) is 19.0. The fourth-order valence-corrected chi connectivity index (χ4v) is 4.46. The quantitative estimate of drug-likeness (QED) is 0.487. The van der Waals surface area contributed by atoms with Crippen LogP contribution in [0.25, 0.3) is 0 Å². The molecule has 0 bridgehead atoms. The number of methoxy groups -OCH3 is 1. The lowest BCUT2D eigenvalue weighted by Crippen LogP contribution is -2.49. The molecule has 0 aliphatic carbocycles. The van der Waals surface area contributed by atoms with E-state index >= 15 is 0 Å². The van der Waals surface area contributed by atoms with Gasteiger partial charge in [-0.05, 0) is 80.1 Å². The molecule has 2 aromatic carbocycles. The first kappa shape index (κ1) is 24.8. The van der Waals surface area contributed by atoms with Crippen molar-refractivity contribution in [2.75, 3.05) is 26.9 Å². The SMILES string of the molecule is COCCOc1ccc(C[C@@H](NC(=O)Cc2ccc(Cl)c(Cl)c2)C2CCCN2)c(C)c1C. The van der Waals surface area contributed by atoms with Crippen LogP contribution >= 0.6 is 23.2 Å². The summed E-state index contributed by atoms with van der Waals surface area (Å²) in [7, 11) is 1.66. The Morgan fingerprint density at radius 1 is 1.16 bits per heavy atom. The normalized spacial score (nSPS) is 16.7. The van der Waals surface area contributed by atoms with Crippen molar-refractivity contribution in [2.24, 2.45) is 0 Å². The Balaban J connectivity index is 1.71. The van der Waals surface area contributed by atoms with Gasteiger partial charge < -0.3 is 20.1 Å². The van der Waals surface area contributed by atoms with E-state index in [4.69, 9.17) is 32.7 Å². The van der Waals surface area contributed by atoms with Crippen molar-refractivity contribution in [3.63, 3.8) is 0 Å². The van der Waals surface area contributed by atoms with Crippen LogP contribution in [0.2, 0.25) is 10.0 Å². The van der Waals surface area contributed by atoms with Crippen LogP contribution in [0.1, 0.15) is 35.1 Å². The lowest BCUT2D eigenvalue weighted by molar-refractivity contribution is -0.121. The Morgan fingerprint density at radius 2 is 1.97 bits per heavy atom. The van der Waals surface area contributed by atoms with Crippen molar-refractivity contribution in [2.45, 2.75) is 51.6 Å². The number of amides is 1. The lowest BCUT2D eigenvalue weighted by atomic mass is 9.93. The van der Waals surface area contributed by atoms with Gasteiger partial charge in [0.05, 0.1) is 23.1 Å². The summed E-state index contributed by atoms with van der Waals surface area (Å²) in [6.45, 7) is 6.25. The van der Waals surface area contributed by atoms with Gasteiger partial charge in [-0.15, -0.1) is 0 Å². The highest BCUT2D eigenvalue weighted by Crippen LogP contribution is 2.27. The standard InChI is InChI=1S/C25H32Cl2N2O3/c1-16-17(2)24(32-12-11-31-3)9-7-19(16)15-23(22-5-4-10-28-22)29-25(30)14-18-6-8-20(26)21(27)13-18/h6-9,13,22-23,28H,4-5,10-12,14-15H2,1-3H3,(H,29,30)/t22?,23-/m1/s1. The van der Waals surface area contributed by atoms with E-state index in [0.29, 0.717) is 23.3 Å². The second-order valence-corrected chi connectivity index (χ2v) is 9.13. The first-order chi connectivity index (χ1) is 15.4. The highest BCUT2D eigenvalue weighted by molar-refractivity contribution is 6.42. The van der Waals surface area contributed by atoms with Gasteiger partial charge in [-0.1, -0.05) is 35.3 Å². The number of hydrogen-bond donors (Lipinski definition) is 2. The van der Waals surface area contributed by atoms with E-state index in [9.17, 15) is 4.79 Å². The molecule has 0 radical (unpaired) electrons. The van der Waals surface area contributed by atoms with Crippen LogP contribution in [0.4, 0.5) is 0 Å². The van der Waals surface area contributed by atoms with Gasteiger partial charge in [0.25, 0.3) is 0 Å². The fraction of sp³-hybridized carbons (Fsp3) is 0.480. The van der Waals surface area contributed by atoms with Crippen LogP contribution in [0, 0.1) is 13.8 Å². The highest BCUT2D eigenvalue weighted by atomic mass is 35.5. The van der Waals surface area contributed by atoms with Gasteiger partial charge in [0, 0.05) is 19.2 Å². The summed E-state index contributed by atoms with van der Waals surface area (Å²) in [5, 5.41) is 7.77. The molecule has 7 heteroatoms. The van der Waals surface area contributed by atoms with Gasteiger partial charge in [0.2, 0.25) is 5.91 Å². The monoisotopic (exact) mass is 478 g/mol. The lowest BCUT2D eigenvalue weighted by Gasteiger charge is -2.26. The molecule has 0 aromatic heterocycles. The van der Waals surface area contributed by atoms with E-state index in [1.165, 1.54) is 11.1 Å². The first-order valence-electron chi connectivity index (χ1n) is 11.1. The molecule has 1 aliphatic heterocycles. The van der Waals surface area contributed by atoms with E-state index in [-0.39, 0.29) is 24.4 Å². The molecule has 32 heavy (non-hydrogen) atoms. The number of carbonyl (C=O) groups is 1. The molecule has 1 aliphatic rings. The maximum atomic E-state index is 12.9. The Labute approximate surface area is 200 Å². The maximum absolute atomic E-state index is 12.9. The number of carbonyl (C=O) groups excluding carboxylic acids is 1. The number of halogens is 2. The van der Waals surface area contributed by atoms with Crippen LogP contribution in [-0.4, -0.2) is 44.9 Å². The van der Waals surface area contributed by atoms with Crippen LogP contribution in [0.3, 0.4) is 0 Å². The van der Waals surface area contributed by atoms with Gasteiger partial charge in [-0.3, -0.25) is 4.79 Å². The maximum Gasteiger partial charge on any atom is 0.224 e. The first-order valence-corrected chi connectivity index (χ1v) is 11.8. The zero-order chi connectivity index (χ0) is 23.1. The number of benzene rings is 2. The molecule has 1 heterocycles.